The molecule has 1 atom stereocenters. The van der Waals surface area contributed by atoms with Crippen LogP contribution in [0.15, 0.2) is 30.3 Å². The summed E-state index contributed by atoms with van der Waals surface area (Å²) in [7, 11) is 2.03. The summed E-state index contributed by atoms with van der Waals surface area (Å²) in [6, 6.07) is 10.1. The highest BCUT2D eigenvalue weighted by Crippen LogP contribution is 2.40. The first-order valence-corrected chi connectivity index (χ1v) is 10.4. The van der Waals surface area contributed by atoms with Gasteiger partial charge in [-0.2, -0.15) is 0 Å². The Morgan fingerprint density at radius 1 is 1.14 bits per heavy atom. The number of hydrogen-bond acceptors (Lipinski definition) is 5. The second kappa shape index (κ2) is 7.44. The Morgan fingerprint density at radius 3 is 2.55 bits per heavy atom. The standard InChI is InChI=1S/C22H31N5O2/c1-21(2,3)29-20(28)26-13-8-11-22(16-26)12-14-27(22)15-18-23-24-19(25(18)4)17-9-6-5-7-10-17/h5-7,9-10H,8,11-16H2,1-4H3/t22-/m1/s1. The molecule has 7 nitrogen and oxygen atoms in total. The van der Waals surface area contributed by atoms with Crippen molar-refractivity contribution in [3.63, 3.8) is 0 Å². The molecule has 0 radical (unpaired) electrons. The van der Waals surface area contributed by atoms with Gasteiger partial charge in [-0.1, -0.05) is 30.3 Å². The number of likely N-dealkylation sites (tertiary alicyclic amines) is 2. The molecule has 0 N–H and O–H groups in total. The highest BCUT2D eigenvalue weighted by Gasteiger charge is 2.48. The van der Waals surface area contributed by atoms with Gasteiger partial charge in [0.05, 0.1) is 6.54 Å². The highest BCUT2D eigenvalue weighted by atomic mass is 16.6. The van der Waals surface area contributed by atoms with Crippen LogP contribution in [0, 0.1) is 0 Å². The number of nitrogens with zero attached hydrogens (tertiary/aromatic N) is 5. The number of aromatic nitrogens is 3. The van der Waals surface area contributed by atoms with Crippen molar-refractivity contribution < 1.29 is 9.53 Å². The summed E-state index contributed by atoms with van der Waals surface area (Å²) >= 11 is 0. The lowest BCUT2D eigenvalue weighted by molar-refractivity contribution is -0.0759. The molecular formula is C22H31N5O2. The molecule has 0 unspecified atom stereocenters. The fraction of sp³-hybridized carbons (Fsp3) is 0.591. The normalized spacial score (nSPS) is 22.6. The first kappa shape index (κ1) is 19.9. The largest absolute Gasteiger partial charge is 0.444 e. The summed E-state index contributed by atoms with van der Waals surface area (Å²) in [6.07, 6.45) is 3.02. The zero-order valence-corrected chi connectivity index (χ0v) is 17.9. The molecule has 2 aliphatic rings. The van der Waals surface area contributed by atoms with Gasteiger partial charge in [0.15, 0.2) is 5.82 Å². The van der Waals surface area contributed by atoms with Crippen molar-refractivity contribution in [1.82, 2.24) is 24.6 Å². The SMILES string of the molecule is Cn1c(CN2CC[C@@]23CCCN(C(=O)OC(C)(C)C)C3)nnc1-c1ccccc1. The van der Waals surface area contributed by atoms with Crippen LogP contribution in [-0.2, 0) is 18.3 Å². The predicted octanol–water partition coefficient (Wildman–Crippen LogP) is 3.46. The molecule has 1 aromatic carbocycles. The van der Waals surface area contributed by atoms with Crippen LogP contribution in [0.1, 0.15) is 45.9 Å². The van der Waals surface area contributed by atoms with Crippen LogP contribution in [-0.4, -0.2) is 61.4 Å². The maximum atomic E-state index is 12.6. The number of piperidine rings is 1. The molecule has 2 aromatic rings. The number of rotatable bonds is 3. The summed E-state index contributed by atoms with van der Waals surface area (Å²) in [5.41, 5.74) is 0.641. The monoisotopic (exact) mass is 397 g/mol. The Balaban J connectivity index is 1.46. The number of carbonyl (C=O) groups is 1. The van der Waals surface area contributed by atoms with Crippen LogP contribution < -0.4 is 0 Å². The van der Waals surface area contributed by atoms with Crippen molar-refractivity contribution in [3.8, 4) is 11.4 Å². The lowest BCUT2D eigenvalue weighted by Gasteiger charge is -2.56. The van der Waals surface area contributed by atoms with Gasteiger partial charge >= 0.3 is 6.09 Å². The zero-order valence-electron chi connectivity index (χ0n) is 17.9. The Kier molecular flexibility index (Phi) is 5.11. The van der Waals surface area contributed by atoms with Crippen molar-refractivity contribution in [2.75, 3.05) is 19.6 Å². The maximum Gasteiger partial charge on any atom is 0.410 e. The lowest BCUT2D eigenvalue weighted by atomic mass is 9.77. The Morgan fingerprint density at radius 2 is 1.90 bits per heavy atom. The molecule has 7 heteroatoms. The first-order valence-electron chi connectivity index (χ1n) is 10.4. The quantitative estimate of drug-likeness (QED) is 0.794. The zero-order chi connectivity index (χ0) is 20.6. The van der Waals surface area contributed by atoms with E-state index in [0.717, 1.165) is 62.7 Å². The lowest BCUT2D eigenvalue weighted by Crippen LogP contribution is -2.67. The van der Waals surface area contributed by atoms with Crippen molar-refractivity contribution in [1.29, 1.82) is 0 Å². The molecule has 1 amide bonds. The van der Waals surface area contributed by atoms with Crippen molar-refractivity contribution in [2.45, 2.75) is 57.7 Å². The van der Waals surface area contributed by atoms with Crippen LogP contribution in [0.2, 0.25) is 0 Å². The van der Waals surface area contributed by atoms with Gasteiger partial charge in [0.25, 0.3) is 0 Å². The molecule has 3 heterocycles. The van der Waals surface area contributed by atoms with Crippen LogP contribution in [0.4, 0.5) is 4.79 Å². The molecule has 0 aliphatic carbocycles. The average Bonchev–Trinajstić information content (AvgIpc) is 3.05. The van der Waals surface area contributed by atoms with Crippen molar-refractivity contribution in [3.05, 3.63) is 36.2 Å². The number of benzene rings is 1. The van der Waals surface area contributed by atoms with E-state index in [2.05, 4.69) is 31.8 Å². The Bertz CT molecular complexity index is 873. The third-order valence-corrected chi connectivity index (χ3v) is 6.05. The third-order valence-electron chi connectivity index (χ3n) is 6.05. The fourth-order valence-corrected chi connectivity index (χ4v) is 4.40. The van der Waals surface area contributed by atoms with Gasteiger partial charge in [-0.3, -0.25) is 4.90 Å². The molecule has 0 saturated carbocycles. The molecule has 1 spiro atoms. The Hall–Kier alpha value is -2.41. The topological polar surface area (TPSA) is 63.5 Å². The molecule has 2 saturated heterocycles. The third kappa shape index (κ3) is 4.01. The van der Waals surface area contributed by atoms with Gasteiger partial charge in [0.1, 0.15) is 11.4 Å². The molecule has 4 rings (SSSR count). The van der Waals surface area contributed by atoms with E-state index in [1.807, 2.05) is 50.9 Å². The van der Waals surface area contributed by atoms with Crippen molar-refractivity contribution >= 4 is 6.09 Å². The molecular weight excluding hydrogens is 366 g/mol. The van der Waals surface area contributed by atoms with Gasteiger partial charge in [-0.05, 0) is 40.0 Å². The Labute approximate surface area is 172 Å². The fourth-order valence-electron chi connectivity index (χ4n) is 4.40. The van der Waals surface area contributed by atoms with E-state index in [1.54, 1.807) is 0 Å². The van der Waals surface area contributed by atoms with Gasteiger partial charge in [0, 0.05) is 37.8 Å². The second-order valence-corrected chi connectivity index (χ2v) is 9.27. The number of hydrogen-bond donors (Lipinski definition) is 0. The second-order valence-electron chi connectivity index (χ2n) is 9.27. The predicted molar refractivity (Wildman–Crippen MR) is 111 cm³/mol. The minimum absolute atomic E-state index is 0.0357. The molecule has 2 aliphatic heterocycles. The first-order chi connectivity index (χ1) is 13.8. The van der Waals surface area contributed by atoms with E-state index < -0.39 is 5.60 Å². The van der Waals surface area contributed by atoms with E-state index in [1.165, 1.54) is 0 Å². The summed E-state index contributed by atoms with van der Waals surface area (Å²) < 4.78 is 7.69. The van der Waals surface area contributed by atoms with Gasteiger partial charge < -0.3 is 14.2 Å². The van der Waals surface area contributed by atoms with Gasteiger partial charge in [0.2, 0.25) is 0 Å². The van der Waals surface area contributed by atoms with E-state index in [0.29, 0.717) is 0 Å². The van der Waals surface area contributed by atoms with Crippen LogP contribution in [0.25, 0.3) is 11.4 Å². The van der Waals surface area contributed by atoms with Crippen LogP contribution in [0.3, 0.4) is 0 Å². The van der Waals surface area contributed by atoms with Crippen LogP contribution >= 0.6 is 0 Å². The van der Waals surface area contributed by atoms with Crippen LogP contribution in [0.5, 0.6) is 0 Å². The minimum atomic E-state index is -0.465. The smallest absolute Gasteiger partial charge is 0.410 e. The van der Waals surface area contributed by atoms with Gasteiger partial charge in [-0.25, -0.2) is 4.79 Å². The highest BCUT2D eigenvalue weighted by molar-refractivity contribution is 5.68. The molecule has 1 aromatic heterocycles. The maximum absolute atomic E-state index is 12.6. The summed E-state index contributed by atoms with van der Waals surface area (Å²) in [5, 5.41) is 8.88. The average molecular weight is 398 g/mol. The number of ether oxygens (including phenoxy) is 1. The van der Waals surface area contributed by atoms with E-state index in [4.69, 9.17) is 4.74 Å². The van der Waals surface area contributed by atoms with E-state index in [9.17, 15) is 4.79 Å². The molecule has 29 heavy (non-hydrogen) atoms. The van der Waals surface area contributed by atoms with Gasteiger partial charge in [-0.15, -0.1) is 10.2 Å². The molecule has 156 valence electrons. The number of carbonyl (C=O) groups excluding carboxylic acids is 1. The number of amides is 1. The van der Waals surface area contributed by atoms with Crippen molar-refractivity contribution in [2.24, 2.45) is 7.05 Å². The summed E-state index contributed by atoms with van der Waals surface area (Å²) in [4.78, 5) is 16.9. The minimum Gasteiger partial charge on any atom is -0.444 e. The summed E-state index contributed by atoms with van der Waals surface area (Å²) in [5.74, 6) is 1.84. The van der Waals surface area contributed by atoms with E-state index in [-0.39, 0.29) is 11.6 Å². The summed E-state index contributed by atoms with van der Waals surface area (Å²) in [6.45, 7) is 9.02. The molecule has 2 fully saturated rings. The molecule has 0 bridgehead atoms. The van der Waals surface area contributed by atoms with E-state index >= 15 is 0 Å².